The number of hydrogen-bond donors (Lipinski definition) is 10. The number of hydrogen-bond acceptors (Lipinski definition) is 20. The summed E-state index contributed by atoms with van der Waals surface area (Å²) in [5.41, 5.74) is 8.12. The molecule has 6 rings (SSSR count). The van der Waals surface area contributed by atoms with Crippen LogP contribution in [0.4, 0.5) is 17.1 Å². The third kappa shape index (κ3) is 37.0. The topological polar surface area (TPSA) is 366 Å². The molecule has 0 saturated heterocycles. The van der Waals surface area contributed by atoms with E-state index in [-0.39, 0.29) is 117 Å². The molecule has 0 atom stereocenters. The first-order valence-electron chi connectivity index (χ1n) is 39.2. The first-order chi connectivity index (χ1) is 53.2. The number of nitrogens with one attached hydrogen (secondary N) is 3. The average Bonchev–Trinajstić information content (AvgIpc) is 0.792. The van der Waals surface area contributed by atoms with Gasteiger partial charge in [-0.2, -0.15) is 0 Å². The summed E-state index contributed by atoms with van der Waals surface area (Å²) in [6, 6.07) is 32.8. The van der Waals surface area contributed by atoms with Crippen molar-refractivity contribution < 1.29 is 128 Å². The van der Waals surface area contributed by atoms with E-state index in [4.69, 9.17) is 49.3 Å². The number of ether oxygens (including phenoxy) is 5. The van der Waals surface area contributed by atoms with Gasteiger partial charge in [-0.25, -0.2) is 9.59 Å². The zero-order valence-corrected chi connectivity index (χ0v) is 75.9. The Morgan fingerprint density at radius 1 is 0.371 bits per heavy atom. The van der Waals surface area contributed by atoms with Gasteiger partial charge in [0.05, 0.1) is 45.6 Å². The Balaban J connectivity index is 0.000000806. The summed E-state index contributed by atoms with van der Waals surface area (Å²) in [6.45, 7) is 44.7. The number of rotatable bonds is 30. The normalized spacial score (nSPS) is 11.7. The molecular formula is C92H134N3NaO20. The fourth-order valence-electron chi connectivity index (χ4n) is 11.5. The SMILES string of the molecule is CC(=O)COc1ccc(NC(=O)CCc2cc(C(C)(C)C)c(O)c(C(C)(C)C)c2)cc1.CC(=O)[O-].CCC(CC)(CC)COC(=O)COc1ccc(NC(=O)CCc2cc(C(C)(C)C)c(O)c(C(C)(C)C)c2)cc1.COC(=O)COc1ccc(NC(=O)CCc2cc(C(C)(C)C)c(O)c(C(C)(C)C)c2)cc1.OCC(CO)(CO)CO.[Na+]. The zero-order chi connectivity index (χ0) is 87.8. The molecule has 0 aliphatic rings. The molecule has 0 aliphatic carbocycles. The number of phenolic OH excluding ortho intramolecular Hbond substituents is 3. The first kappa shape index (κ1) is 105. The fraction of sp³-hybridized carbons (Fsp3) is 0.533. The Morgan fingerprint density at radius 2 is 0.595 bits per heavy atom. The summed E-state index contributed by atoms with van der Waals surface area (Å²) in [6.07, 6.45) is 5.58. The number of aliphatic hydroxyl groups excluding tert-OH is 4. The fourth-order valence-corrected chi connectivity index (χ4v) is 11.5. The van der Waals surface area contributed by atoms with Crippen LogP contribution >= 0.6 is 0 Å². The monoisotopic (exact) mass is 1620 g/mol. The number of phenols is 3. The van der Waals surface area contributed by atoms with Gasteiger partial charge in [-0.15, -0.1) is 0 Å². The second kappa shape index (κ2) is 47.7. The van der Waals surface area contributed by atoms with Crippen molar-refractivity contribution in [2.75, 3.05) is 75.9 Å². The van der Waals surface area contributed by atoms with Crippen LogP contribution in [0.5, 0.6) is 34.5 Å². The summed E-state index contributed by atoms with van der Waals surface area (Å²) in [5.74, 6) is 0.414. The number of ketones is 1. The Kier molecular flexibility index (Phi) is 43.4. The van der Waals surface area contributed by atoms with Gasteiger partial charge < -0.3 is 85.3 Å². The number of benzene rings is 6. The number of aryl methyl sites for hydroxylation is 3. The van der Waals surface area contributed by atoms with Crippen LogP contribution in [-0.2, 0) is 94.8 Å². The summed E-state index contributed by atoms with van der Waals surface area (Å²) < 4.78 is 26.2. The van der Waals surface area contributed by atoms with Crippen LogP contribution in [0.15, 0.2) is 109 Å². The number of methoxy groups -OCH3 is 1. The van der Waals surface area contributed by atoms with Gasteiger partial charge in [0.15, 0.2) is 19.0 Å². The molecule has 10 N–H and O–H groups in total. The number of carbonyl (C=O) groups is 7. The first-order valence-corrected chi connectivity index (χ1v) is 39.2. The summed E-state index contributed by atoms with van der Waals surface area (Å²) in [7, 11) is 1.30. The minimum atomic E-state index is -1.11. The molecule has 24 heteroatoms. The van der Waals surface area contributed by atoms with Crippen LogP contribution in [0.25, 0.3) is 0 Å². The molecule has 0 heterocycles. The Morgan fingerprint density at radius 3 is 0.784 bits per heavy atom. The molecule has 638 valence electrons. The van der Waals surface area contributed by atoms with Gasteiger partial charge in [-0.05, 0) is 208 Å². The summed E-state index contributed by atoms with van der Waals surface area (Å²) in [4.78, 5) is 80.9. The van der Waals surface area contributed by atoms with Crippen LogP contribution < -0.4 is 64.8 Å². The summed E-state index contributed by atoms with van der Waals surface area (Å²) in [5, 5.41) is 84.2. The molecule has 116 heavy (non-hydrogen) atoms. The maximum atomic E-state index is 12.7. The van der Waals surface area contributed by atoms with E-state index in [9.17, 15) is 44.1 Å². The number of carbonyl (C=O) groups excluding carboxylic acids is 7. The maximum absolute atomic E-state index is 12.7. The molecule has 0 spiro atoms. The molecule has 0 fully saturated rings. The van der Waals surface area contributed by atoms with Crippen LogP contribution in [-0.4, -0.2) is 137 Å². The molecule has 0 unspecified atom stereocenters. The summed E-state index contributed by atoms with van der Waals surface area (Å²) >= 11 is 0. The number of aromatic hydroxyl groups is 3. The minimum absolute atomic E-state index is 0. The van der Waals surface area contributed by atoms with E-state index in [2.05, 4.69) is 166 Å². The molecule has 0 bridgehead atoms. The van der Waals surface area contributed by atoms with Gasteiger partial charge in [-0.3, -0.25) is 19.2 Å². The number of aliphatic hydroxyl groups is 4. The van der Waals surface area contributed by atoms with Gasteiger partial charge in [0.2, 0.25) is 17.7 Å². The average molecular weight is 1630 g/mol. The molecule has 0 saturated carbocycles. The quantitative estimate of drug-likeness (QED) is 0.0148. The van der Waals surface area contributed by atoms with Crippen molar-refractivity contribution in [3.63, 3.8) is 0 Å². The van der Waals surface area contributed by atoms with Crippen molar-refractivity contribution in [1.82, 2.24) is 0 Å². The predicted octanol–water partition coefficient (Wildman–Crippen LogP) is 12.0. The van der Waals surface area contributed by atoms with Crippen molar-refractivity contribution in [1.29, 1.82) is 0 Å². The van der Waals surface area contributed by atoms with Crippen LogP contribution in [0, 0.1) is 10.8 Å². The molecule has 3 amide bonds. The van der Waals surface area contributed by atoms with Crippen molar-refractivity contribution >= 4 is 58.5 Å². The molecule has 6 aromatic carbocycles. The minimum Gasteiger partial charge on any atom is -0.550 e. The molecule has 0 aliphatic heterocycles. The molecule has 0 aromatic heterocycles. The largest absolute Gasteiger partial charge is 1.00 e. The second-order valence-corrected chi connectivity index (χ2v) is 35.3. The number of anilines is 3. The number of carboxylic acid groups (broad SMARTS) is 1. The van der Waals surface area contributed by atoms with E-state index in [1.165, 1.54) is 14.0 Å². The smallest absolute Gasteiger partial charge is 0.550 e. The van der Waals surface area contributed by atoms with Crippen molar-refractivity contribution in [2.24, 2.45) is 10.8 Å². The van der Waals surface area contributed by atoms with E-state index in [1.807, 2.05) is 36.4 Å². The van der Waals surface area contributed by atoms with Gasteiger partial charge in [-0.1, -0.05) is 182 Å². The van der Waals surface area contributed by atoms with Gasteiger partial charge in [0.25, 0.3) is 0 Å². The molecular weight excluding hydrogens is 1490 g/mol. The third-order valence-electron chi connectivity index (χ3n) is 19.2. The third-order valence-corrected chi connectivity index (χ3v) is 19.2. The van der Waals surface area contributed by atoms with E-state index in [1.54, 1.807) is 72.8 Å². The Hall–Kier alpha value is -8.55. The van der Waals surface area contributed by atoms with Crippen molar-refractivity contribution in [3.05, 3.63) is 159 Å². The molecule has 6 aromatic rings. The van der Waals surface area contributed by atoms with Gasteiger partial charge in [0, 0.05) is 47.7 Å². The number of esters is 2. The Bertz CT molecular complexity index is 3950. The van der Waals surface area contributed by atoms with Crippen LogP contribution in [0.2, 0.25) is 0 Å². The van der Waals surface area contributed by atoms with Gasteiger partial charge >= 0.3 is 41.5 Å². The number of aliphatic carboxylic acids is 1. The number of Topliss-reactive ketones (excluding diaryl/α,β-unsaturated/α-hetero) is 1. The van der Waals surface area contributed by atoms with E-state index < -0.39 is 43.8 Å². The standard InChI is InChI=1S/C33H49NO5.C26H35NO5.C26H35NO4.C5H12O4.C2H4O2.Na/c1-10-33(11-2,12-3)22-39-29(36)21-38-25-16-14-24(15-17-25)34-28(35)18-13-23-19-26(31(4,5)6)30(37)27(20-23)32(7,8)9;1-25(2,3)20-14-17(15-21(24(20)30)26(4,5)6)8-13-22(28)27-18-9-11-19(12-10-18)32-16-23(29)31-7;1-17(28)16-31-20-11-9-19(10-12-20)27-23(29)13-8-18-14-21(25(2,3)4)24(30)22(15-18)26(5,6)7;6-1-5(2-7,3-8)4-9;1-2(3)4;/h14-17,19-20,37H,10-13,18,21-22H2,1-9H3,(H,34,35);9-12,14-15,30H,8,13,16H2,1-7H3,(H,27,28);9-12,14-15,30H,8,13,16H2,1-7H3,(H,27,29);6-9H,1-4H2;1H3,(H,3,4);/q;;;;;+1/p-1. The molecule has 0 radical (unpaired) electrons. The zero-order valence-electron chi connectivity index (χ0n) is 73.9. The molecule has 23 nitrogen and oxygen atoms in total. The maximum Gasteiger partial charge on any atom is 1.00 e. The second-order valence-electron chi connectivity index (χ2n) is 35.3. The van der Waals surface area contributed by atoms with E-state index in [0.717, 1.165) is 76.3 Å². The van der Waals surface area contributed by atoms with Gasteiger partial charge in [0.1, 0.15) is 41.1 Å². The number of amides is 3. The van der Waals surface area contributed by atoms with Crippen molar-refractivity contribution in [2.45, 2.75) is 250 Å². The van der Waals surface area contributed by atoms with E-state index in [0.29, 0.717) is 96.7 Å². The van der Waals surface area contributed by atoms with E-state index >= 15 is 0 Å². The van der Waals surface area contributed by atoms with Crippen molar-refractivity contribution in [3.8, 4) is 34.5 Å². The Labute approximate surface area is 711 Å². The van der Waals surface area contributed by atoms with Crippen LogP contribution in [0.3, 0.4) is 0 Å². The van der Waals surface area contributed by atoms with Crippen LogP contribution in [0.1, 0.15) is 248 Å². The number of carboxylic acids is 1. The predicted molar refractivity (Wildman–Crippen MR) is 452 cm³/mol.